The maximum Gasteiger partial charge on any atom is 0.328 e. The van der Waals surface area contributed by atoms with Crippen molar-refractivity contribution in [1.29, 1.82) is 0 Å². The number of thiol groups is 1. The molecule has 0 saturated heterocycles. The smallest absolute Gasteiger partial charge is 0.328 e. The molecule has 5 atom stereocenters. The summed E-state index contributed by atoms with van der Waals surface area (Å²) in [6.07, 6.45) is -0.118. The highest BCUT2D eigenvalue weighted by molar-refractivity contribution is 7.98. The van der Waals surface area contributed by atoms with Crippen LogP contribution in [0.15, 0.2) is 0 Å². The maximum absolute atomic E-state index is 12.4. The number of aliphatic hydroxyl groups is 1. The third-order valence-corrected chi connectivity index (χ3v) is 4.85. The largest absolute Gasteiger partial charge is 0.481 e. The molecule has 0 aliphatic carbocycles. The molecule has 172 valence electrons. The number of nitrogens with two attached hydrogens (primary N) is 1. The third kappa shape index (κ3) is 10.1. The Bertz CT molecular complexity index is 634. The zero-order chi connectivity index (χ0) is 23.4. The molecule has 8 N–H and O–H groups in total. The molecule has 0 saturated carbocycles. The maximum atomic E-state index is 12.4. The first kappa shape index (κ1) is 28.0. The van der Waals surface area contributed by atoms with Gasteiger partial charge in [-0.3, -0.25) is 19.2 Å². The minimum atomic E-state index is -1.71. The minimum Gasteiger partial charge on any atom is -0.481 e. The average Bonchev–Trinajstić information content (AvgIpc) is 2.66. The number of aliphatic carboxylic acids is 2. The molecule has 0 aliphatic heterocycles. The van der Waals surface area contributed by atoms with Gasteiger partial charge < -0.3 is 37.0 Å². The van der Waals surface area contributed by atoms with Crippen LogP contribution in [0.1, 0.15) is 19.8 Å². The number of nitrogens with one attached hydrogen (secondary N) is 3. The molecule has 3 amide bonds. The van der Waals surface area contributed by atoms with Gasteiger partial charge in [-0.15, -0.1) is 0 Å². The Balaban J connectivity index is 5.22. The van der Waals surface area contributed by atoms with Crippen LogP contribution in [0.5, 0.6) is 0 Å². The van der Waals surface area contributed by atoms with Crippen molar-refractivity contribution in [2.45, 2.75) is 50.0 Å². The number of carboxylic acids is 2. The summed E-state index contributed by atoms with van der Waals surface area (Å²) in [6, 6.07) is -5.44. The molecule has 0 radical (unpaired) electrons. The Labute approximate surface area is 183 Å². The van der Waals surface area contributed by atoms with Crippen molar-refractivity contribution < 1.29 is 39.3 Å². The van der Waals surface area contributed by atoms with Crippen LogP contribution in [0.25, 0.3) is 0 Å². The number of carboxylic acid groups (broad SMARTS) is 2. The molecule has 5 unspecified atom stereocenters. The zero-order valence-electron chi connectivity index (χ0n) is 16.5. The van der Waals surface area contributed by atoms with Crippen molar-refractivity contribution in [2.24, 2.45) is 5.73 Å². The predicted molar refractivity (Wildman–Crippen MR) is 112 cm³/mol. The Morgan fingerprint density at radius 2 is 1.53 bits per heavy atom. The molecule has 0 aliphatic rings. The van der Waals surface area contributed by atoms with Crippen LogP contribution in [0, 0.1) is 0 Å². The molecule has 0 spiro atoms. The molecule has 0 rings (SSSR count). The van der Waals surface area contributed by atoms with Gasteiger partial charge in [-0.25, -0.2) is 4.79 Å². The van der Waals surface area contributed by atoms with Gasteiger partial charge in [0.15, 0.2) is 6.04 Å². The number of amides is 3. The number of carbonyl (C=O) groups is 5. The van der Waals surface area contributed by atoms with E-state index in [1.54, 1.807) is 0 Å². The van der Waals surface area contributed by atoms with E-state index in [1.165, 1.54) is 11.8 Å². The molecule has 0 heterocycles. The predicted octanol–water partition coefficient (Wildman–Crippen LogP) is -2.61. The van der Waals surface area contributed by atoms with Gasteiger partial charge in [-0.05, 0) is 25.4 Å². The van der Waals surface area contributed by atoms with Crippen LogP contribution >= 0.6 is 24.4 Å². The summed E-state index contributed by atoms with van der Waals surface area (Å²) in [7, 11) is 0. The standard InChI is InChI=1S/C16H28N4O8S2/c1-7(21)12(16(27)28)20-14(25)9(5-11(22)23)18-15(26)10(6-29)19-13(24)8(17)3-4-30-2/h7-10,12,21,29H,3-6,17H2,1-2H3,(H,18,26)(H,19,24)(H,20,25)(H,22,23)(H,27,28). The monoisotopic (exact) mass is 468 g/mol. The van der Waals surface area contributed by atoms with Crippen molar-refractivity contribution in [3.8, 4) is 0 Å². The second-order valence-corrected chi connectivity index (χ2v) is 7.71. The van der Waals surface area contributed by atoms with E-state index in [1.807, 2.05) is 11.6 Å². The molecule has 0 aromatic rings. The highest BCUT2D eigenvalue weighted by atomic mass is 32.2. The van der Waals surface area contributed by atoms with Gasteiger partial charge in [0.05, 0.1) is 18.6 Å². The Morgan fingerprint density at radius 3 is 1.97 bits per heavy atom. The summed E-state index contributed by atoms with van der Waals surface area (Å²) in [5.74, 6) is -5.16. The Morgan fingerprint density at radius 1 is 1.00 bits per heavy atom. The first-order chi connectivity index (χ1) is 13.9. The lowest BCUT2D eigenvalue weighted by Gasteiger charge is -2.24. The van der Waals surface area contributed by atoms with Gasteiger partial charge in [0.25, 0.3) is 0 Å². The average molecular weight is 469 g/mol. The van der Waals surface area contributed by atoms with Crippen LogP contribution in [-0.4, -0.2) is 93.0 Å². The highest BCUT2D eigenvalue weighted by Gasteiger charge is 2.32. The third-order valence-electron chi connectivity index (χ3n) is 3.84. The number of hydrogen-bond acceptors (Lipinski definition) is 9. The summed E-state index contributed by atoms with van der Waals surface area (Å²) in [4.78, 5) is 59.0. The van der Waals surface area contributed by atoms with Crippen LogP contribution in [0.3, 0.4) is 0 Å². The van der Waals surface area contributed by atoms with E-state index in [2.05, 4.69) is 23.3 Å². The molecule has 12 nitrogen and oxygen atoms in total. The minimum absolute atomic E-state index is 0.167. The van der Waals surface area contributed by atoms with Crippen LogP contribution in [0.4, 0.5) is 0 Å². The van der Waals surface area contributed by atoms with Gasteiger partial charge in [0.2, 0.25) is 17.7 Å². The summed E-state index contributed by atoms with van der Waals surface area (Å²) >= 11 is 5.46. The van der Waals surface area contributed by atoms with Gasteiger partial charge in [0, 0.05) is 5.75 Å². The molecule has 0 aromatic heterocycles. The summed E-state index contributed by atoms with van der Waals surface area (Å²) < 4.78 is 0. The number of aliphatic hydroxyl groups excluding tert-OH is 1. The van der Waals surface area contributed by atoms with E-state index in [0.29, 0.717) is 12.2 Å². The zero-order valence-corrected chi connectivity index (χ0v) is 18.2. The Kier molecular flexibility index (Phi) is 13.1. The summed E-state index contributed by atoms with van der Waals surface area (Å²) in [5, 5.41) is 34.0. The lowest BCUT2D eigenvalue weighted by Crippen LogP contribution is -2.59. The molecular weight excluding hydrogens is 440 g/mol. The lowest BCUT2D eigenvalue weighted by molar-refractivity contribution is -0.146. The van der Waals surface area contributed by atoms with E-state index < -0.39 is 66.4 Å². The summed E-state index contributed by atoms with van der Waals surface area (Å²) in [6.45, 7) is 1.12. The van der Waals surface area contributed by atoms with Crippen LogP contribution < -0.4 is 21.7 Å². The van der Waals surface area contributed by atoms with Gasteiger partial charge in [0.1, 0.15) is 12.1 Å². The van der Waals surface area contributed by atoms with Crippen LogP contribution in [-0.2, 0) is 24.0 Å². The van der Waals surface area contributed by atoms with Crippen molar-refractivity contribution >= 4 is 54.1 Å². The van der Waals surface area contributed by atoms with Gasteiger partial charge >= 0.3 is 11.9 Å². The SMILES string of the molecule is CSCCC(N)C(=O)NC(CS)C(=O)NC(CC(=O)O)C(=O)NC(C(=O)O)C(C)O. The molecule has 0 bridgehead atoms. The second kappa shape index (κ2) is 14.1. The molecule has 14 heteroatoms. The fourth-order valence-electron chi connectivity index (χ4n) is 2.15. The van der Waals surface area contributed by atoms with Gasteiger partial charge in [-0.1, -0.05) is 0 Å². The van der Waals surface area contributed by atoms with E-state index in [0.717, 1.165) is 6.92 Å². The molecule has 0 aromatic carbocycles. The normalized spacial score (nSPS) is 15.8. The number of rotatable bonds is 14. The highest BCUT2D eigenvalue weighted by Crippen LogP contribution is 2.02. The van der Waals surface area contributed by atoms with Gasteiger partial charge in [-0.2, -0.15) is 24.4 Å². The molecular formula is C16H28N4O8S2. The number of carbonyl (C=O) groups excluding carboxylic acids is 3. The molecule has 0 fully saturated rings. The number of thioether (sulfide) groups is 1. The Hall–Kier alpha value is -2.03. The fourth-order valence-corrected chi connectivity index (χ4v) is 2.89. The first-order valence-electron chi connectivity index (χ1n) is 8.83. The van der Waals surface area contributed by atoms with E-state index in [9.17, 15) is 29.1 Å². The van der Waals surface area contributed by atoms with Crippen LogP contribution in [0.2, 0.25) is 0 Å². The van der Waals surface area contributed by atoms with Crippen molar-refractivity contribution in [3.05, 3.63) is 0 Å². The second-order valence-electron chi connectivity index (χ2n) is 6.36. The number of hydrogen-bond donors (Lipinski definition) is 8. The van der Waals surface area contributed by atoms with Crippen molar-refractivity contribution in [1.82, 2.24) is 16.0 Å². The molecule has 30 heavy (non-hydrogen) atoms. The van der Waals surface area contributed by atoms with Crippen molar-refractivity contribution in [2.75, 3.05) is 17.8 Å². The topological polar surface area (TPSA) is 208 Å². The van der Waals surface area contributed by atoms with E-state index in [-0.39, 0.29) is 5.75 Å². The first-order valence-corrected chi connectivity index (χ1v) is 10.9. The quantitative estimate of drug-likeness (QED) is 0.125. The lowest BCUT2D eigenvalue weighted by atomic mass is 10.1. The fraction of sp³-hybridized carbons (Fsp3) is 0.688. The van der Waals surface area contributed by atoms with E-state index in [4.69, 9.17) is 15.9 Å². The summed E-state index contributed by atoms with van der Waals surface area (Å²) in [5.41, 5.74) is 5.73. The van der Waals surface area contributed by atoms with Crippen molar-refractivity contribution in [3.63, 3.8) is 0 Å². The van der Waals surface area contributed by atoms with E-state index >= 15 is 0 Å².